The van der Waals surface area contributed by atoms with Gasteiger partial charge in [0.25, 0.3) is 5.91 Å². The highest BCUT2D eigenvalue weighted by Gasteiger charge is 2.10. The molecule has 2 atom stereocenters. The van der Waals surface area contributed by atoms with E-state index in [-0.39, 0.29) is 11.9 Å². The molecule has 0 fully saturated rings. The minimum atomic E-state index is -1.03. The van der Waals surface area contributed by atoms with Crippen molar-refractivity contribution in [1.82, 2.24) is 14.9 Å². The van der Waals surface area contributed by atoms with Crippen LogP contribution in [0.2, 0.25) is 0 Å². The molecule has 0 radical (unpaired) electrons. The molecule has 5 nitrogen and oxygen atoms in total. The molecule has 2 unspecified atom stereocenters. The van der Waals surface area contributed by atoms with Crippen LogP contribution in [0, 0.1) is 0 Å². The summed E-state index contributed by atoms with van der Waals surface area (Å²) in [5.41, 5.74) is 0.566. The van der Waals surface area contributed by atoms with Gasteiger partial charge in [0.15, 0.2) is 0 Å². The van der Waals surface area contributed by atoms with Gasteiger partial charge in [-0.1, -0.05) is 0 Å². The third kappa shape index (κ3) is 3.77. The summed E-state index contributed by atoms with van der Waals surface area (Å²) in [5.74, 6) is -0.133. The van der Waals surface area contributed by atoms with Crippen molar-refractivity contribution in [3.8, 4) is 0 Å². The molecule has 1 aromatic heterocycles. The topological polar surface area (TPSA) is 64.0 Å². The predicted molar refractivity (Wildman–Crippen MR) is 77.9 cm³/mol. The average molecular weight is 291 g/mol. The van der Waals surface area contributed by atoms with Crippen LogP contribution in [0.15, 0.2) is 47.9 Å². The van der Waals surface area contributed by atoms with Gasteiger partial charge in [0, 0.05) is 52.5 Å². The van der Waals surface area contributed by atoms with E-state index in [0.29, 0.717) is 17.0 Å². The van der Waals surface area contributed by atoms with Gasteiger partial charge >= 0.3 is 0 Å². The molecule has 0 aliphatic rings. The van der Waals surface area contributed by atoms with Crippen LogP contribution in [0.3, 0.4) is 0 Å². The second-order valence-electron chi connectivity index (χ2n) is 4.61. The molecule has 2 aromatic rings. The van der Waals surface area contributed by atoms with Crippen LogP contribution in [0.25, 0.3) is 0 Å². The Balaban J connectivity index is 1.95. The number of rotatable bonds is 5. The SMILES string of the molecule is CC(Cn1ccnc1)NC(=O)c1ccc(S(C)=O)cc1. The molecule has 106 valence electrons. The van der Waals surface area contributed by atoms with Crippen molar-refractivity contribution in [3.05, 3.63) is 48.5 Å². The summed E-state index contributed by atoms with van der Waals surface area (Å²) < 4.78 is 13.2. The van der Waals surface area contributed by atoms with Crippen LogP contribution < -0.4 is 5.32 Å². The Morgan fingerprint density at radius 1 is 1.40 bits per heavy atom. The van der Waals surface area contributed by atoms with E-state index in [1.165, 1.54) is 0 Å². The van der Waals surface area contributed by atoms with Gasteiger partial charge in [-0.3, -0.25) is 9.00 Å². The lowest BCUT2D eigenvalue weighted by Crippen LogP contribution is -2.35. The van der Waals surface area contributed by atoms with Crippen LogP contribution in [0.4, 0.5) is 0 Å². The Morgan fingerprint density at radius 2 is 2.10 bits per heavy atom. The van der Waals surface area contributed by atoms with Crippen molar-refractivity contribution in [3.63, 3.8) is 0 Å². The maximum atomic E-state index is 12.1. The van der Waals surface area contributed by atoms with Crippen LogP contribution >= 0.6 is 0 Å². The molecule has 2 rings (SSSR count). The first kappa shape index (κ1) is 14.5. The lowest BCUT2D eigenvalue weighted by Gasteiger charge is -2.14. The fourth-order valence-corrected chi connectivity index (χ4v) is 2.38. The van der Waals surface area contributed by atoms with Crippen LogP contribution in [0.5, 0.6) is 0 Å². The van der Waals surface area contributed by atoms with E-state index in [9.17, 15) is 9.00 Å². The number of aromatic nitrogens is 2. The van der Waals surface area contributed by atoms with E-state index in [4.69, 9.17) is 0 Å². The van der Waals surface area contributed by atoms with Crippen molar-refractivity contribution in [2.45, 2.75) is 24.4 Å². The van der Waals surface area contributed by atoms with Crippen molar-refractivity contribution in [2.75, 3.05) is 6.26 Å². The number of hydrogen-bond donors (Lipinski definition) is 1. The quantitative estimate of drug-likeness (QED) is 0.906. The number of amides is 1. The van der Waals surface area contributed by atoms with Crippen molar-refractivity contribution >= 4 is 16.7 Å². The lowest BCUT2D eigenvalue weighted by atomic mass is 10.2. The molecular formula is C14H17N3O2S. The Hall–Kier alpha value is -1.95. The highest BCUT2D eigenvalue weighted by Crippen LogP contribution is 2.08. The molecule has 1 heterocycles. The van der Waals surface area contributed by atoms with E-state index in [0.717, 1.165) is 0 Å². The van der Waals surface area contributed by atoms with E-state index < -0.39 is 10.8 Å². The van der Waals surface area contributed by atoms with Gasteiger partial charge in [-0.2, -0.15) is 0 Å². The Morgan fingerprint density at radius 3 is 2.65 bits per heavy atom. The zero-order valence-corrected chi connectivity index (χ0v) is 12.3. The lowest BCUT2D eigenvalue weighted by molar-refractivity contribution is 0.0936. The van der Waals surface area contributed by atoms with Crippen molar-refractivity contribution in [2.24, 2.45) is 0 Å². The summed E-state index contributed by atoms with van der Waals surface area (Å²) in [6.45, 7) is 2.61. The van der Waals surface area contributed by atoms with Gasteiger partial charge in [0.2, 0.25) is 0 Å². The fourth-order valence-electron chi connectivity index (χ4n) is 1.86. The normalized spacial score (nSPS) is 13.7. The molecule has 1 aromatic carbocycles. The van der Waals surface area contributed by atoms with E-state index in [2.05, 4.69) is 10.3 Å². The maximum Gasteiger partial charge on any atom is 0.251 e. The van der Waals surface area contributed by atoms with Gasteiger partial charge < -0.3 is 9.88 Å². The smallest absolute Gasteiger partial charge is 0.251 e. The Kier molecular flexibility index (Phi) is 4.68. The molecule has 0 bridgehead atoms. The molecule has 6 heteroatoms. The summed E-state index contributed by atoms with van der Waals surface area (Å²) in [6, 6.07) is 6.81. The van der Waals surface area contributed by atoms with E-state index >= 15 is 0 Å². The summed E-state index contributed by atoms with van der Waals surface area (Å²) in [4.78, 5) is 16.7. The third-order valence-corrected chi connectivity index (χ3v) is 3.81. The molecule has 0 saturated carbocycles. The highest BCUT2D eigenvalue weighted by molar-refractivity contribution is 7.84. The summed E-state index contributed by atoms with van der Waals surface area (Å²) in [7, 11) is -1.03. The molecule has 0 spiro atoms. The molecule has 0 saturated heterocycles. The molecular weight excluding hydrogens is 274 g/mol. The Bertz CT molecular complexity index is 593. The van der Waals surface area contributed by atoms with Gasteiger partial charge in [0.1, 0.15) is 0 Å². The molecule has 1 N–H and O–H groups in total. The number of nitrogens with zero attached hydrogens (tertiary/aromatic N) is 2. The second-order valence-corrected chi connectivity index (χ2v) is 5.99. The van der Waals surface area contributed by atoms with Crippen LogP contribution in [-0.2, 0) is 17.3 Å². The number of benzene rings is 1. The standard InChI is InChI=1S/C14H17N3O2S/c1-11(9-17-8-7-15-10-17)16-14(18)12-3-5-13(6-4-12)20(2)19/h3-8,10-11H,9H2,1-2H3,(H,16,18). The first-order chi connectivity index (χ1) is 9.56. The number of imidazole rings is 1. The van der Waals surface area contributed by atoms with Gasteiger partial charge in [0.05, 0.1) is 6.33 Å². The second kappa shape index (κ2) is 6.47. The van der Waals surface area contributed by atoms with E-state index in [1.54, 1.807) is 43.0 Å². The highest BCUT2D eigenvalue weighted by atomic mass is 32.2. The summed E-state index contributed by atoms with van der Waals surface area (Å²) >= 11 is 0. The number of carbonyl (C=O) groups is 1. The number of nitrogens with one attached hydrogen (secondary N) is 1. The average Bonchev–Trinajstić information content (AvgIpc) is 2.91. The monoisotopic (exact) mass is 291 g/mol. The minimum absolute atomic E-state index is 0.00307. The van der Waals surface area contributed by atoms with Gasteiger partial charge in [-0.05, 0) is 31.2 Å². The summed E-state index contributed by atoms with van der Waals surface area (Å²) in [6.07, 6.45) is 6.89. The molecule has 20 heavy (non-hydrogen) atoms. The van der Waals surface area contributed by atoms with Crippen molar-refractivity contribution in [1.29, 1.82) is 0 Å². The fraction of sp³-hybridized carbons (Fsp3) is 0.286. The zero-order chi connectivity index (χ0) is 14.5. The molecule has 0 aliphatic carbocycles. The zero-order valence-electron chi connectivity index (χ0n) is 11.4. The third-order valence-electron chi connectivity index (χ3n) is 2.87. The van der Waals surface area contributed by atoms with E-state index in [1.807, 2.05) is 17.7 Å². The minimum Gasteiger partial charge on any atom is -0.348 e. The van der Waals surface area contributed by atoms with Crippen molar-refractivity contribution < 1.29 is 9.00 Å². The van der Waals surface area contributed by atoms with Gasteiger partial charge in [-0.25, -0.2) is 4.98 Å². The van der Waals surface area contributed by atoms with Crippen LogP contribution in [-0.4, -0.2) is 32.0 Å². The van der Waals surface area contributed by atoms with Crippen LogP contribution in [0.1, 0.15) is 17.3 Å². The summed E-state index contributed by atoms with van der Waals surface area (Å²) in [5, 5.41) is 2.92. The number of hydrogen-bond acceptors (Lipinski definition) is 3. The molecule has 1 amide bonds. The largest absolute Gasteiger partial charge is 0.348 e. The molecule has 0 aliphatic heterocycles. The maximum absolute atomic E-state index is 12.1. The van der Waals surface area contributed by atoms with Gasteiger partial charge in [-0.15, -0.1) is 0 Å². The number of carbonyl (C=O) groups excluding carboxylic acids is 1. The predicted octanol–water partition coefficient (Wildman–Crippen LogP) is 1.44. The Labute approximate surface area is 120 Å². The first-order valence-corrected chi connectivity index (χ1v) is 7.82. The first-order valence-electron chi connectivity index (χ1n) is 6.26.